The minimum atomic E-state index is -0.402. The van der Waals surface area contributed by atoms with E-state index in [-0.39, 0.29) is 5.92 Å². The summed E-state index contributed by atoms with van der Waals surface area (Å²) in [5.74, 6) is 1.12. The van der Waals surface area contributed by atoms with Gasteiger partial charge in [-0.2, -0.15) is 0 Å². The molecule has 0 aliphatic carbocycles. The minimum Gasteiger partial charge on any atom is -0.496 e. The van der Waals surface area contributed by atoms with Gasteiger partial charge in [-0.05, 0) is 11.6 Å². The summed E-state index contributed by atoms with van der Waals surface area (Å²) in [6.07, 6.45) is 1.75. The molecule has 0 bridgehead atoms. The monoisotopic (exact) mass is 356 g/mol. The SMILES string of the molecule is COC(=O)C(=Cc1c(OC)cc(OC)cc1OC)C(C)c1ccccc1. The quantitative estimate of drug-likeness (QED) is 0.553. The standard InChI is InChI=1S/C21H24O5/c1-14(15-9-7-6-8-10-15)17(21(22)26-5)13-18-19(24-3)11-16(23-2)12-20(18)25-4/h6-14H,1-5H3. The van der Waals surface area contributed by atoms with Crippen molar-refractivity contribution in [2.45, 2.75) is 12.8 Å². The van der Waals surface area contributed by atoms with Crippen LogP contribution in [0.15, 0.2) is 48.0 Å². The molecule has 0 N–H and O–H groups in total. The molecule has 0 saturated carbocycles. The van der Waals surface area contributed by atoms with E-state index in [9.17, 15) is 4.79 Å². The Morgan fingerprint density at radius 3 is 1.96 bits per heavy atom. The van der Waals surface area contributed by atoms with Crippen LogP contribution in [0.4, 0.5) is 0 Å². The van der Waals surface area contributed by atoms with Gasteiger partial charge in [0, 0.05) is 23.6 Å². The van der Waals surface area contributed by atoms with Crippen molar-refractivity contribution in [3.63, 3.8) is 0 Å². The van der Waals surface area contributed by atoms with E-state index in [1.54, 1.807) is 39.5 Å². The number of carbonyl (C=O) groups excluding carboxylic acids is 1. The van der Waals surface area contributed by atoms with E-state index in [1.165, 1.54) is 7.11 Å². The number of methoxy groups -OCH3 is 4. The summed E-state index contributed by atoms with van der Waals surface area (Å²) < 4.78 is 21.2. The first-order valence-corrected chi connectivity index (χ1v) is 8.20. The van der Waals surface area contributed by atoms with E-state index in [1.807, 2.05) is 37.3 Å². The molecule has 0 aliphatic heterocycles. The molecule has 5 nitrogen and oxygen atoms in total. The van der Waals surface area contributed by atoms with Crippen LogP contribution < -0.4 is 14.2 Å². The highest BCUT2D eigenvalue weighted by Gasteiger charge is 2.22. The number of hydrogen-bond donors (Lipinski definition) is 0. The van der Waals surface area contributed by atoms with Crippen LogP contribution in [0, 0.1) is 0 Å². The zero-order valence-corrected chi connectivity index (χ0v) is 15.7. The summed E-state index contributed by atoms with van der Waals surface area (Å²) >= 11 is 0. The molecule has 2 aromatic rings. The van der Waals surface area contributed by atoms with Crippen molar-refractivity contribution in [3.05, 3.63) is 59.2 Å². The Balaban J connectivity index is 2.62. The van der Waals surface area contributed by atoms with Gasteiger partial charge in [0.15, 0.2) is 0 Å². The van der Waals surface area contributed by atoms with Gasteiger partial charge in [0.05, 0.1) is 34.0 Å². The van der Waals surface area contributed by atoms with Gasteiger partial charge in [0.25, 0.3) is 0 Å². The van der Waals surface area contributed by atoms with Crippen LogP contribution >= 0.6 is 0 Å². The summed E-state index contributed by atoms with van der Waals surface area (Å²) in [5.41, 5.74) is 2.16. The first kappa shape index (κ1) is 19.4. The summed E-state index contributed by atoms with van der Waals surface area (Å²) in [5, 5.41) is 0. The highest BCUT2D eigenvalue weighted by molar-refractivity contribution is 5.96. The van der Waals surface area contributed by atoms with Crippen molar-refractivity contribution < 1.29 is 23.7 Å². The van der Waals surface area contributed by atoms with Gasteiger partial charge in [-0.15, -0.1) is 0 Å². The molecule has 0 fully saturated rings. The summed E-state index contributed by atoms with van der Waals surface area (Å²) in [7, 11) is 6.06. The molecule has 5 heteroatoms. The van der Waals surface area contributed by atoms with E-state index in [0.29, 0.717) is 28.4 Å². The summed E-state index contributed by atoms with van der Waals surface area (Å²) in [4.78, 5) is 12.5. The zero-order valence-electron chi connectivity index (χ0n) is 15.7. The first-order valence-electron chi connectivity index (χ1n) is 8.20. The van der Waals surface area contributed by atoms with E-state index in [2.05, 4.69) is 0 Å². The van der Waals surface area contributed by atoms with Crippen molar-refractivity contribution in [3.8, 4) is 17.2 Å². The van der Waals surface area contributed by atoms with Crippen molar-refractivity contribution >= 4 is 12.0 Å². The highest BCUT2D eigenvalue weighted by atomic mass is 16.5. The van der Waals surface area contributed by atoms with Gasteiger partial charge in [-0.3, -0.25) is 0 Å². The fraction of sp³-hybridized carbons (Fsp3) is 0.286. The van der Waals surface area contributed by atoms with Crippen LogP contribution in [-0.4, -0.2) is 34.4 Å². The third-order valence-electron chi connectivity index (χ3n) is 4.24. The number of carbonyl (C=O) groups is 1. The molecule has 1 unspecified atom stereocenters. The molecule has 26 heavy (non-hydrogen) atoms. The van der Waals surface area contributed by atoms with Gasteiger partial charge in [-0.25, -0.2) is 4.79 Å². The molecular formula is C21H24O5. The van der Waals surface area contributed by atoms with E-state index >= 15 is 0 Å². The molecule has 0 spiro atoms. The maximum atomic E-state index is 12.5. The third kappa shape index (κ3) is 4.17. The fourth-order valence-corrected chi connectivity index (χ4v) is 2.73. The second kappa shape index (κ2) is 8.94. The Labute approximate surface area is 154 Å². The van der Waals surface area contributed by atoms with Crippen LogP contribution in [0.1, 0.15) is 24.0 Å². The number of ether oxygens (including phenoxy) is 4. The number of benzene rings is 2. The summed E-state index contributed by atoms with van der Waals surface area (Å²) in [6, 6.07) is 13.3. The maximum absolute atomic E-state index is 12.5. The molecule has 138 valence electrons. The molecule has 0 amide bonds. The Hall–Kier alpha value is -2.95. The zero-order chi connectivity index (χ0) is 19.1. The van der Waals surface area contributed by atoms with Gasteiger partial charge in [-0.1, -0.05) is 37.3 Å². The van der Waals surface area contributed by atoms with Gasteiger partial charge < -0.3 is 18.9 Å². The van der Waals surface area contributed by atoms with E-state index in [0.717, 1.165) is 5.56 Å². The van der Waals surface area contributed by atoms with Crippen molar-refractivity contribution in [2.24, 2.45) is 0 Å². The molecule has 2 aromatic carbocycles. The largest absolute Gasteiger partial charge is 0.496 e. The van der Waals surface area contributed by atoms with Crippen LogP contribution in [0.5, 0.6) is 17.2 Å². The molecule has 0 aromatic heterocycles. The summed E-state index contributed by atoms with van der Waals surface area (Å²) in [6.45, 7) is 1.96. The van der Waals surface area contributed by atoms with Crippen molar-refractivity contribution in [2.75, 3.05) is 28.4 Å². The van der Waals surface area contributed by atoms with Gasteiger partial charge >= 0.3 is 5.97 Å². The molecule has 0 heterocycles. The average molecular weight is 356 g/mol. The molecule has 0 radical (unpaired) electrons. The Morgan fingerprint density at radius 2 is 1.50 bits per heavy atom. The first-order chi connectivity index (χ1) is 12.5. The topological polar surface area (TPSA) is 54.0 Å². The molecule has 0 aliphatic rings. The molecule has 0 saturated heterocycles. The lowest BCUT2D eigenvalue weighted by Crippen LogP contribution is -2.11. The lowest BCUT2D eigenvalue weighted by Gasteiger charge is -2.17. The number of hydrogen-bond acceptors (Lipinski definition) is 5. The van der Waals surface area contributed by atoms with Crippen LogP contribution in [-0.2, 0) is 9.53 Å². The van der Waals surface area contributed by atoms with Crippen LogP contribution in [0.25, 0.3) is 6.08 Å². The van der Waals surface area contributed by atoms with Crippen molar-refractivity contribution in [1.82, 2.24) is 0 Å². The Bertz CT molecular complexity index is 755. The Morgan fingerprint density at radius 1 is 0.923 bits per heavy atom. The lowest BCUT2D eigenvalue weighted by atomic mass is 9.91. The number of rotatable bonds is 7. The Kier molecular flexibility index (Phi) is 6.67. The normalized spacial score (nSPS) is 12.3. The second-order valence-electron chi connectivity index (χ2n) is 5.67. The van der Waals surface area contributed by atoms with Gasteiger partial charge in [0.1, 0.15) is 17.2 Å². The smallest absolute Gasteiger partial charge is 0.334 e. The molecule has 2 rings (SSSR count). The molecular weight excluding hydrogens is 332 g/mol. The lowest BCUT2D eigenvalue weighted by molar-refractivity contribution is -0.136. The van der Waals surface area contributed by atoms with E-state index in [4.69, 9.17) is 18.9 Å². The predicted octanol–water partition coefficient (Wildman–Crippen LogP) is 4.07. The maximum Gasteiger partial charge on any atom is 0.334 e. The van der Waals surface area contributed by atoms with Crippen LogP contribution in [0.2, 0.25) is 0 Å². The predicted molar refractivity (Wildman–Crippen MR) is 101 cm³/mol. The van der Waals surface area contributed by atoms with E-state index < -0.39 is 5.97 Å². The third-order valence-corrected chi connectivity index (χ3v) is 4.24. The minimum absolute atomic E-state index is 0.167. The van der Waals surface area contributed by atoms with Crippen molar-refractivity contribution in [1.29, 1.82) is 0 Å². The van der Waals surface area contributed by atoms with Crippen LogP contribution in [0.3, 0.4) is 0 Å². The fourth-order valence-electron chi connectivity index (χ4n) is 2.73. The second-order valence-corrected chi connectivity index (χ2v) is 5.67. The average Bonchev–Trinajstić information content (AvgIpc) is 2.70. The molecule has 1 atom stereocenters. The highest BCUT2D eigenvalue weighted by Crippen LogP contribution is 2.37. The number of esters is 1. The van der Waals surface area contributed by atoms with Gasteiger partial charge in [0.2, 0.25) is 0 Å².